The zero-order valence-electron chi connectivity index (χ0n) is 24.0. The van der Waals surface area contributed by atoms with Gasteiger partial charge in [0.25, 0.3) is 0 Å². The van der Waals surface area contributed by atoms with E-state index in [1.165, 1.54) is 6.20 Å². The lowest BCUT2D eigenvalue weighted by Crippen LogP contribution is -2.55. The average molecular weight is 534 g/mol. The van der Waals surface area contributed by atoms with E-state index in [0.29, 0.717) is 30.8 Å². The monoisotopic (exact) mass is 533 g/mol. The number of aliphatic hydroxyl groups excluding tert-OH is 1. The molecule has 4 N–H and O–H groups in total. The number of Topliss-reactive ketones (excluding diaryl/α,β-unsaturated/α-hetero) is 1. The molecule has 1 heterocycles. The first-order valence-corrected chi connectivity index (χ1v) is 13.5. The van der Waals surface area contributed by atoms with Gasteiger partial charge in [-0.05, 0) is 50.2 Å². The van der Waals surface area contributed by atoms with Gasteiger partial charge in [0.1, 0.15) is 23.0 Å². The molecule has 0 amide bonds. The number of ketones is 1. The molecule has 1 aromatic heterocycles. The van der Waals surface area contributed by atoms with Crippen molar-refractivity contribution in [3.8, 4) is 0 Å². The standard InChI is InChI=1S/C32H43N3O4/c1-30(2,3)20-26(37)24-21-34-27(35-24)18-17-25(36)28(29(38)39-31(4,5)6)32(33,23-15-11-8-12-16-23)19-22-13-9-7-10-14-22/h7-16,21,25,28,36H,17-20,33H2,1-6H3,(H,34,35)/t25-,28-,32?/m0/s1. The fourth-order valence-electron chi connectivity index (χ4n) is 4.81. The minimum Gasteiger partial charge on any atom is -0.460 e. The van der Waals surface area contributed by atoms with Crippen molar-refractivity contribution in [1.29, 1.82) is 0 Å². The van der Waals surface area contributed by atoms with Gasteiger partial charge >= 0.3 is 5.97 Å². The van der Waals surface area contributed by atoms with Crippen LogP contribution in [0.15, 0.2) is 66.9 Å². The Balaban J connectivity index is 1.92. The van der Waals surface area contributed by atoms with Crippen molar-refractivity contribution in [3.63, 3.8) is 0 Å². The highest BCUT2D eigenvalue weighted by molar-refractivity contribution is 5.94. The molecule has 3 rings (SSSR count). The van der Waals surface area contributed by atoms with Gasteiger partial charge in [0, 0.05) is 12.8 Å². The maximum absolute atomic E-state index is 13.7. The fraction of sp³-hybridized carbons (Fsp3) is 0.469. The smallest absolute Gasteiger partial charge is 0.314 e. The number of esters is 1. The van der Waals surface area contributed by atoms with Crippen LogP contribution in [0.25, 0.3) is 0 Å². The molecule has 0 aliphatic carbocycles. The van der Waals surface area contributed by atoms with Gasteiger partial charge in [-0.15, -0.1) is 0 Å². The lowest BCUT2D eigenvalue weighted by Gasteiger charge is -2.40. The van der Waals surface area contributed by atoms with Gasteiger partial charge in [0.05, 0.1) is 17.8 Å². The predicted molar refractivity (Wildman–Crippen MR) is 153 cm³/mol. The maximum Gasteiger partial charge on any atom is 0.314 e. The van der Waals surface area contributed by atoms with Crippen LogP contribution in [-0.2, 0) is 27.9 Å². The van der Waals surface area contributed by atoms with E-state index in [4.69, 9.17) is 10.5 Å². The van der Waals surface area contributed by atoms with Crippen molar-refractivity contribution in [3.05, 3.63) is 89.5 Å². The third-order valence-electron chi connectivity index (χ3n) is 6.55. The number of aryl methyl sites for hydroxylation is 1. The molecule has 0 aliphatic rings. The molecule has 3 atom stereocenters. The Morgan fingerprint density at radius 1 is 0.974 bits per heavy atom. The van der Waals surface area contributed by atoms with Gasteiger partial charge in [-0.25, -0.2) is 4.98 Å². The van der Waals surface area contributed by atoms with Gasteiger partial charge in [0.2, 0.25) is 0 Å². The number of aliphatic hydroxyl groups is 1. The Morgan fingerprint density at radius 3 is 2.13 bits per heavy atom. The first-order valence-electron chi connectivity index (χ1n) is 13.5. The Hall–Kier alpha value is -3.29. The number of aromatic amines is 1. The summed E-state index contributed by atoms with van der Waals surface area (Å²) in [6.45, 7) is 11.4. The van der Waals surface area contributed by atoms with Crippen LogP contribution in [0.2, 0.25) is 0 Å². The number of H-pyrrole nitrogens is 1. The number of nitrogens with zero attached hydrogens (tertiary/aromatic N) is 1. The lowest BCUT2D eigenvalue weighted by atomic mass is 9.71. The first kappa shape index (κ1) is 30.3. The van der Waals surface area contributed by atoms with Crippen molar-refractivity contribution in [2.24, 2.45) is 17.1 Å². The molecule has 1 unspecified atom stereocenters. The van der Waals surface area contributed by atoms with E-state index in [1.807, 2.05) is 81.4 Å². The number of ether oxygens (including phenoxy) is 1. The summed E-state index contributed by atoms with van der Waals surface area (Å²) in [5, 5.41) is 11.6. The number of hydrogen-bond acceptors (Lipinski definition) is 6. The van der Waals surface area contributed by atoms with Crippen LogP contribution in [0, 0.1) is 11.3 Å². The molecule has 0 fully saturated rings. The minimum absolute atomic E-state index is 0.0126. The SMILES string of the molecule is CC(C)(C)CC(=O)c1cnc(CC[C@H](O)[C@@H](C(=O)OC(C)(C)C)C(N)(Cc2ccccc2)c2ccccc2)[nH]1. The largest absolute Gasteiger partial charge is 0.460 e. The molecule has 2 aromatic carbocycles. The van der Waals surface area contributed by atoms with Gasteiger partial charge in [0.15, 0.2) is 5.78 Å². The van der Waals surface area contributed by atoms with Gasteiger partial charge in [-0.2, -0.15) is 0 Å². The van der Waals surface area contributed by atoms with Crippen LogP contribution in [0.3, 0.4) is 0 Å². The fourth-order valence-corrected chi connectivity index (χ4v) is 4.81. The summed E-state index contributed by atoms with van der Waals surface area (Å²) < 4.78 is 5.81. The number of imidazole rings is 1. The number of rotatable bonds is 11. The van der Waals surface area contributed by atoms with E-state index in [2.05, 4.69) is 9.97 Å². The second-order valence-corrected chi connectivity index (χ2v) is 12.6. The lowest BCUT2D eigenvalue weighted by molar-refractivity contribution is -0.168. The van der Waals surface area contributed by atoms with Gasteiger partial charge in [-0.1, -0.05) is 81.4 Å². The molecule has 210 valence electrons. The number of carbonyl (C=O) groups is 2. The van der Waals surface area contributed by atoms with E-state index in [0.717, 1.165) is 11.1 Å². The molecular weight excluding hydrogens is 490 g/mol. The van der Waals surface area contributed by atoms with E-state index in [1.54, 1.807) is 20.8 Å². The van der Waals surface area contributed by atoms with Crippen molar-refractivity contribution < 1.29 is 19.4 Å². The summed E-state index contributed by atoms with van der Waals surface area (Å²) in [6.07, 6.45) is 1.65. The molecule has 3 aromatic rings. The third kappa shape index (κ3) is 8.60. The molecular formula is C32H43N3O4. The highest BCUT2D eigenvalue weighted by atomic mass is 16.6. The highest BCUT2D eigenvalue weighted by Gasteiger charge is 2.47. The minimum atomic E-state index is -1.25. The van der Waals surface area contributed by atoms with Crippen LogP contribution in [0.5, 0.6) is 0 Å². The number of benzene rings is 2. The Kier molecular flexibility index (Phi) is 9.51. The quantitative estimate of drug-likeness (QED) is 0.225. The molecule has 0 radical (unpaired) electrons. The molecule has 0 aliphatic heterocycles. The average Bonchev–Trinajstić information content (AvgIpc) is 3.31. The van der Waals surface area contributed by atoms with E-state index < -0.39 is 29.1 Å². The molecule has 7 nitrogen and oxygen atoms in total. The van der Waals surface area contributed by atoms with E-state index >= 15 is 0 Å². The second-order valence-electron chi connectivity index (χ2n) is 12.6. The summed E-state index contributed by atoms with van der Waals surface area (Å²) in [4.78, 5) is 33.8. The molecule has 7 heteroatoms. The summed E-state index contributed by atoms with van der Waals surface area (Å²) >= 11 is 0. The van der Waals surface area contributed by atoms with E-state index in [-0.39, 0.29) is 17.6 Å². The van der Waals surface area contributed by atoms with Crippen LogP contribution in [-0.4, -0.2) is 38.5 Å². The Morgan fingerprint density at radius 2 is 1.56 bits per heavy atom. The van der Waals surface area contributed by atoms with Crippen molar-refractivity contribution in [2.45, 2.75) is 84.5 Å². The number of carbonyl (C=O) groups excluding carboxylic acids is 2. The summed E-state index contributed by atoms with van der Waals surface area (Å²) in [6, 6.07) is 19.1. The zero-order chi connectivity index (χ0) is 28.8. The second kappa shape index (κ2) is 12.3. The number of nitrogens with two attached hydrogens (primary N) is 1. The highest BCUT2D eigenvalue weighted by Crippen LogP contribution is 2.36. The molecule has 0 saturated heterocycles. The van der Waals surface area contributed by atoms with Crippen LogP contribution < -0.4 is 5.73 Å². The number of hydrogen-bond donors (Lipinski definition) is 3. The Bertz CT molecular complexity index is 1230. The topological polar surface area (TPSA) is 118 Å². The van der Waals surface area contributed by atoms with Gasteiger partial charge in [-0.3, -0.25) is 9.59 Å². The number of nitrogens with one attached hydrogen (secondary N) is 1. The van der Waals surface area contributed by atoms with Crippen molar-refractivity contribution >= 4 is 11.8 Å². The summed E-state index contributed by atoms with van der Waals surface area (Å²) in [5.41, 5.74) is 7.13. The predicted octanol–water partition coefficient (Wildman–Crippen LogP) is 5.38. The van der Waals surface area contributed by atoms with Crippen LogP contribution in [0.4, 0.5) is 0 Å². The van der Waals surface area contributed by atoms with Crippen molar-refractivity contribution in [2.75, 3.05) is 0 Å². The molecule has 0 spiro atoms. The first-order chi connectivity index (χ1) is 18.2. The van der Waals surface area contributed by atoms with Crippen LogP contribution >= 0.6 is 0 Å². The molecule has 39 heavy (non-hydrogen) atoms. The van der Waals surface area contributed by atoms with Gasteiger partial charge < -0.3 is 20.6 Å². The summed E-state index contributed by atoms with van der Waals surface area (Å²) in [5.74, 6) is -1.06. The summed E-state index contributed by atoms with van der Waals surface area (Å²) in [7, 11) is 0. The normalized spacial score (nSPS) is 15.3. The molecule has 0 saturated carbocycles. The molecule has 0 bridgehead atoms. The third-order valence-corrected chi connectivity index (χ3v) is 6.55. The number of aromatic nitrogens is 2. The zero-order valence-corrected chi connectivity index (χ0v) is 24.0. The maximum atomic E-state index is 13.7. The van der Waals surface area contributed by atoms with E-state index in [9.17, 15) is 14.7 Å². The van der Waals surface area contributed by atoms with Crippen LogP contribution in [0.1, 0.15) is 81.8 Å². The van der Waals surface area contributed by atoms with Crippen molar-refractivity contribution in [1.82, 2.24) is 9.97 Å². The Labute approximate surface area is 232 Å².